The predicted molar refractivity (Wildman–Crippen MR) is 93.8 cm³/mol. The molecule has 0 unspecified atom stereocenters. The molecule has 134 valence electrons. The van der Waals surface area contributed by atoms with Gasteiger partial charge in [0, 0.05) is 38.3 Å². The largest absolute Gasteiger partial charge is 0.395 e. The van der Waals surface area contributed by atoms with Crippen LogP contribution in [-0.4, -0.2) is 72.5 Å². The lowest BCUT2D eigenvalue weighted by atomic mass is 10.0. The van der Waals surface area contributed by atoms with Crippen molar-refractivity contribution in [2.45, 2.75) is 25.9 Å². The van der Waals surface area contributed by atoms with Crippen molar-refractivity contribution in [3.63, 3.8) is 0 Å². The van der Waals surface area contributed by atoms with Crippen molar-refractivity contribution in [1.82, 2.24) is 15.1 Å². The van der Waals surface area contributed by atoms with Gasteiger partial charge >= 0.3 is 6.03 Å². The summed E-state index contributed by atoms with van der Waals surface area (Å²) in [6, 6.07) is 9.67. The molecule has 1 aromatic rings. The number of morpholine rings is 1. The first-order chi connectivity index (χ1) is 11.5. The van der Waals surface area contributed by atoms with Crippen LogP contribution in [0.1, 0.15) is 19.4 Å². The lowest BCUT2D eigenvalue weighted by molar-refractivity contribution is -0.00910. The first-order valence-electron chi connectivity index (χ1n) is 8.53. The van der Waals surface area contributed by atoms with E-state index in [9.17, 15) is 9.90 Å². The molecule has 0 radical (unpaired) electrons. The maximum atomic E-state index is 12.5. The highest BCUT2D eigenvalue weighted by molar-refractivity contribution is 5.74. The first kappa shape index (κ1) is 18.7. The molecule has 1 saturated heterocycles. The van der Waals surface area contributed by atoms with E-state index < -0.39 is 0 Å². The Kier molecular flexibility index (Phi) is 7.02. The zero-order chi connectivity index (χ0) is 17.4. The molecular weight excluding hydrogens is 306 g/mol. The number of amides is 2. The van der Waals surface area contributed by atoms with Crippen LogP contribution in [0.3, 0.4) is 0 Å². The Morgan fingerprint density at radius 2 is 1.96 bits per heavy atom. The van der Waals surface area contributed by atoms with Crippen molar-refractivity contribution in [2.75, 3.05) is 46.0 Å². The summed E-state index contributed by atoms with van der Waals surface area (Å²) >= 11 is 0. The highest BCUT2D eigenvalue weighted by Gasteiger charge is 2.29. The monoisotopic (exact) mass is 335 g/mol. The Morgan fingerprint density at radius 3 is 2.58 bits per heavy atom. The summed E-state index contributed by atoms with van der Waals surface area (Å²) in [5.41, 5.74) is 0.922. The number of nitrogens with zero attached hydrogens (tertiary/aromatic N) is 2. The van der Waals surface area contributed by atoms with Crippen LogP contribution < -0.4 is 5.32 Å². The molecule has 0 aromatic heterocycles. The van der Waals surface area contributed by atoms with Gasteiger partial charge in [-0.15, -0.1) is 0 Å². The number of aliphatic hydroxyl groups is 1. The number of carbonyl (C=O) groups excluding carboxylic acids is 1. The van der Waals surface area contributed by atoms with Crippen LogP contribution in [0.5, 0.6) is 0 Å². The van der Waals surface area contributed by atoms with Crippen molar-refractivity contribution in [1.29, 1.82) is 0 Å². The Labute approximate surface area is 144 Å². The van der Waals surface area contributed by atoms with Crippen LogP contribution >= 0.6 is 0 Å². The fraction of sp³-hybridized carbons (Fsp3) is 0.611. The number of ether oxygens (including phenoxy) is 1. The lowest BCUT2D eigenvalue weighted by Crippen LogP contribution is -2.56. The van der Waals surface area contributed by atoms with Crippen molar-refractivity contribution in [2.24, 2.45) is 0 Å². The molecule has 0 spiro atoms. The van der Waals surface area contributed by atoms with Crippen LogP contribution in [-0.2, 0) is 11.3 Å². The van der Waals surface area contributed by atoms with E-state index in [1.807, 2.05) is 30.3 Å². The molecule has 0 aliphatic carbocycles. The number of benzene rings is 1. The van der Waals surface area contributed by atoms with E-state index in [1.165, 1.54) is 0 Å². The van der Waals surface area contributed by atoms with E-state index in [2.05, 4.69) is 24.1 Å². The van der Waals surface area contributed by atoms with E-state index in [-0.39, 0.29) is 18.2 Å². The van der Waals surface area contributed by atoms with Gasteiger partial charge in [-0.05, 0) is 19.4 Å². The highest BCUT2D eigenvalue weighted by Crippen LogP contribution is 2.15. The van der Waals surface area contributed by atoms with E-state index in [0.29, 0.717) is 19.6 Å². The molecule has 2 rings (SSSR count). The number of aliphatic hydroxyl groups excluding tert-OH is 1. The average Bonchev–Trinajstić information content (AvgIpc) is 2.61. The van der Waals surface area contributed by atoms with E-state index in [4.69, 9.17) is 4.74 Å². The minimum atomic E-state index is -0.144. The third-order valence-electron chi connectivity index (χ3n) is 4.41. The molecule has 2 amide bonds. The Bertz CT molecular complexity index is 501. The third kappa shape index (κ3) is 5.47. The fourth-order valence-electron chi connectivity index (χ4n) is 2.86. The molecule has 1 fully saturated rings. The summed E-state index contributed by atoms with van der Waals surface area (Å²) in [5, 5.41) is 12.3. The number of nitrogens with one attached hydrogen (secondary N) is 1. The molecule has 1 heterocycles. The predicted octanol–water partition coefficient (Wildman–Crippen LogP) is 1.30. The summed E-state index contributed by atoms with van der Waals surface area (Å²) in [4.78, 5) is 16.5. The molecule has 0 atom stereocenters. The van der Waals surface area contributed by atoms with Crippen molar-refractivity contribution in [3.05, 3.63) is 35.9 Å². The number of carbonyl (C=O) groups is 1. The van der Waals surface area contributed by atoms with Crippen molar-refractivity contribution in [3.8, 4) is 0 Å². The van der Waals surface area contributed by atoms with E-state index in [0.717, 1.165) is 31.9 Å². The van der Waals surface area contributed by atoms with Crippen molar-refractivity contribution >= 4 is 6.03 Å². The lowest BCUT2D eigenvalue weighted by Gasteiger charge is -2.41. The third-order valence-corrected chi connectivity index (χ3v) is 4.41. The van der Waals surface area contributed by atoms with Gasteiger partial charge in [0.25, 0.3) is 0 Å². The average molecular weight is 335 g/mol. The number of hydrogen-bond donors (Lipinski definition) is 2. The van der Waals surface area contributed by atoms with Gasteiger partial charge in [0.2, 0.25) is 0 Å². The molecule has 0 bridgehead atoms. The Hall–Kier alpha value is -1.63. The Balaban J connectivity index is 1.89. The van der Waals surface area contributed by atoms with Gasteiger partial charge in [-0.25, -0.2) is 4.79 Å². The van der Waals surface area contributed by atoms with Gasteiger partial charge in [0.1, 0.15) is 0 Å². The molecule has 2 N–H and O–H groups in total. The summed E-state index contributed by atoms with van der Waals surface area (Å²) < 4.78 is 5.39. The summed E-state index contributed by atoms with van der Waals surface area (Å²) in [6.07, 6.45) is 0. The molecule has 1 aromatic carbocycles. The minimum Gasteiger partial charge on any atom is -0.395 e. The number of rotatable bonds is 7. The zero-order valence-corrected chi connectivity index (χ0v) is 14.7. The van der Waals surface area contributed by atoms with Crippen LogP contribution in [0.2, 0.25) is 0 Å². The van der Waals surface area contributed by atoms with Gasteiger partial charge in [-0.1, -0.05) is 30.3 Å². The molecule has 6 heteroatoms. The Morgan fingerprint density at radius 1 is 1.29 bits per heavy atom. The zero-order valence-electron chi connectivity index (χ0n) is 14.7. The number of urea groups is 1. The topological polar surface area (TPSA) is 65.0 Å². The van der Waals surface area contributed by atoms with Gasteiger partial charge < -0.3 is 20.1 Å². The normalized spacial score (nSPS) is 16.0. The minimum absolute atomic E-state index is 0.0485. The van der Waals surface area contributed by atoms with Crippen molar-refractivity contribution < 1.29 is 14.6 Å². The summed E-state index contributed by atoms with van der Waals surface area (Å²) in [6.45, 7) is 8.82. The van der Waals surface area contributed by atoms with Gasteiger partial charge in [0.05, 0.1) is 19.8 Å². The van der Waals surface area contributed by atoms with Crippen LogP contribution in [0.15, 0.2) is 30.3 Å². The van der Waals surface area contributed by atoms with Crippen LogP contribution in [0.25, 0.3) is 0 Å². The summed E-state index contributed by atoms with van der Waals surface area (Å²) in [5.74, 6) is 0. The smallest absolute Gasteiger partial charge is 0.317 e. The summed E-state index contributed by atoms with van der Waals surface area (Å²) in [7, 11) is 0. The molecule has 1 aliphatic heterocycles. The number of hydrogen-bond acceptors (Lipinski definition) is 4. The maximum Gasteiger partial charge on any atom is 0.317 e. The quantitative estimate of drug-likeness (QED) is 0.788. The van der Waals surface area contributed by atoms with Crippen LogP contribution in [0.4, 0.5) is 4.79 Å². The molecule has 6 nitrogen and oxygen atoms in total. The van der Waals surface area contributed by atoms with Gasteiger partial charge in [-0.3, -0.25) is 4.90 Å². The standard InChI is InChI=1S/C18H29N3O3/c1-18(2,21-9-12-24-13-10-21)15-19-17(23)20(8-11-22)14-16-6-4-3-5-7-16/h3-7,22H,8-15H2,1-2H3,(H,19,23). The molecular formula is C18H29N3O3. The first-order valence-corrected chi connectivity index (χ1v) is 8.53. The van der Waals surface area contributed by atoms with E-state index >= 15 is 0 Å². The maximum absolute atomic E-state index is 12.5. The SMILES string of the molecule is CC(C)(CNC(=O)N(CCO)Cc1ccccc1)N1CCOCC1. The van der Waals surface area contributed by atoms with Gasteiger partial charge in [-0.2, -0.15) is 0 Å². The van der Waals surface area contributed by atoms with E-state index in [1.54, 1.807) is 4.90 Å². The second kappa shape index (κ2) is 9.01. The highest BCUT2D eigenvalue weighted by atomic mass is 16.5. The van der Waals surface area contributed by atoms with Gasteiger partial charge in [0.15, 0.2) is 0 Å². The second-order valence-electron chi connectivity index (χ2n) is 6.70. The second-order valence-corrected chi connectivity index (χ2v) is 6.70. The molecule has 1 aliphatic rings. The van der Waals surface area contributed by atoms with Crippen LogP contribution in [0, 0.1) is 0 Å². The molecule has 0 saturated carbocycles. The molecule has 24 heavy (non-hydrogen) atoms. The fourth-order valence-corrected chi connectivity index (χ4v) is 2.86.